The molecule has 7 nitrogen and oxygen atoms in total. The number of benzene rings is 1. The van der Waals surface area contributed by atoms with Gasteiger partial charge in [-0.15, -0.1) is 0 Å². The summed E-state index contributed by atoms with van der Waals surface area (Å²) < 4.78 is 10.6. The fourth-order valence-electron chi connectivity index (χ4n) is 8.29. The Bertz CT molecular complexity index is 994. The van der Waals surface area contributed by atoms with Gasteiger partial charge in [-0.2, -0.15) is 0 Å². The minimum absolute atomic E-state index is 0.0464. The highest BCUT2D eigenvalue weighted by Crippen LogP contribution is 2.73. The van der Waals surface area contributed by atoms with E-state index in [0.717, 1.165) is 31.4 Å². The van der Waals surface area contributed by atoms with Gasteiger partial charge < -0.3 is 9.47 Å². The van der Waals surface area contributed by atoms with Crippen LogP contribution in [0.25, 0.3) is 0 Å². The topological polar surface area (TPSA) is 76.2 Å². The van der Waals surface area contributed by atoms with Crippen LogP contribution >= 0.6 is 0 Å². The van der Waals surface area contributed by atoms with Crippen molar-refractivity contribution in [3.63, 3.8) is 0 Å². The van der Waals surface area contributed by atoms with E-state index in [4.69, 9.17) is 9.47 Å². The highest BCUT2D eigenvalue weighted by molar-refractivity contribution is 6.07. The predicted octanol–water partition coefficient (Wildman–Crippen LogP) is 2.27. The Kier molecular flexibility index (Phi) is 3.45. The van der Waals surface area contributed by atoms with Gasteiger partial charge in [-0.25, -0.2) is 9.59 Å². The Hall–Kier alpha value is -2.41. The molecule has 158 valence electrons. The fraction of sp³-hybridized carbons (Fsp3) is 0.609. The van der Waals surface area contributed by atoms with Crippen LogP contribution in [0.3, 0.4) is 0 Å². The molecule has 5 aliphatic rings. The first-order valence-electron chi connectivity index (χ1n) is 10.8. The summed E-state index contributed by atoms with van der Waals surface area (Å²) in [6.45, 7) is 1.57. The van der Waals surface area contributed by atoms with Crippen LogP contribution in [0.5, 0.6) is 0 Å². The minimum Gasteiger partial charge on any atom is -0.467 e. The standard InChI is InChI=1S/C23H26N2O5/c1-29-19(27)22-10-9-21-8-5-11-24-13-15(17(26)12-21)23(22,18(21)24)14-6-3-4-7-16(14)25(22)20(28)30-2/h3-4,6-7,15,18H,5,8-13H2,1-2H3/t15?,18-,21+,22+,23-/m0/s1. The summed E-state index contributed by atoms with van der Waals surface area (Å²) in [6, 6.07) is 7.75. The van der Waals surface area contributed by atoms with Crippen molar-refractivity contribution >= 4 is 23.5 Å². The third kappa shape index (κ3) is 1.66. The molecule has 1 unspecified atom stereocenters. The molecule has 3 aliphatic heterocycles. The normalized spacial score (nSPS) is 40.6. The second kappa shape index (κ2) is 5.63. The van der Waals surface area contributed by atoms with Crippen LogP contribution in [0.15, 0.2) is 24.3 Å². The Morgan fingerprint density at radius 2 is 1.90 bits per heavy atom. The second-order valence-electron chi connectivity index (χ2n) is 9.60. The van der Waals surface area contributed by atoms with Gasteiger partial charge in [-0.3, -0.25) is 14.6 Å². The zero-order valence-electron chi connectivity index (χ0n) is 17.3. The molecule has 1 amide bonds. The number of hydrogen-bond acceptors (Lipinski definition) is 6. The maximum absolute atomic E-state index is 13.7. The van der Waals surface area contributed by atoms with Gasteiger partial charge in [-0.1, -0.05) is 18.2 Å². The quantitative estimate of drug-likeness (QED) is 0.661. The molecule has 7 heteroatoms. The van der Waals surface area contributed by atoms with Gasteiger partial charge in [0, 0.05) is 24.9 Å². The molecule has 2 aliphatic carbocycles. The van der Waals surface area contributed by atoms with Crippen LogP contribution < -0.4 is 4.90 Å². The number of anilines is 1. The fourth-order valence-corrected chi connectivity index (χ4v) is 8.29. The number of para-hydroxylation sites is 1. The smallest absolute Gasteiger partial charge is 0.415 e. The molecule has 0 N–H and O–H groups in total. The van der Waals surface area contributed by atoms with Crippen molar-refractivity contribution in [3.05, 3.63) is 29.8 Å². The summed E-state index contributed by atoms with van der Waals surface area (Å²) in [5.41, 5.74) is -0.590. The van der Waals surface area contributed by atoms with E-state index in [2.05, 4.69) is 4.90 Å². The van der Waals surface area contributed by atoms with Crippen molar-refractivity contribution < 1.29 is 23.9 Å². The molecular weight excluding hydrogens is 384 g/mol. The molecule has 1 aromatic rings. The number of Topliss-reactive ketones (excluding diaryl/α,β-unsaturated/α-hetero) is 1. The first-order chi connectivity index (χ1) is 14.5. The molecule has 2 saturated heterocycles. The monoisotopic (exact) mass is 410 g/mol. The Labute approximate surface area is 175 Å². The summed E-state index contributed by atoms with van der Waals surface area (Å²) in [4.78, 5) is 44.5. The third-order valence-electron chi connectivity index (χ3n) is 8.90. The number of carbonyl (C=O) groups is 3. The molecule has 30 heavy (non-hydrogen) atoms. The number of ether oxygens (including phenoxy) is 2. The summed E-state index contributed by atoms with van der Waals surface area (Å²) in [7, 11) is 2.71. The van der Waals surface area contributed by atoms with Crippen LogP contribution in [0, 0.1) is 11.3 Å². The number of fused-ring (bicyclic) bond motifs is 1. The van der Waals surface area contributed by atoms with E-state index in [1.807, 2.05) is 24.3 Å². The largest absolute Gasteiger partial charge is 0.467 e. The molecule has 0 aromatic heterocycles. The number of methoxy groups -OCH3 is 2. The summed E-state index contributed by atoms with van der Waals surface area (Å²) in [5.74, 6) is -0.543. The second-order valence-corrected chi connectivity index (χ2v) is 9.60. The van der Waals surface area contributed by atoms with E-state index >= 15 is 0 Å². The first-order valence-corrected chi connectivity index (χ1v) is 10.8. The van der Waals surface area contributed by atoms with Crippen LogP contribution in [-0.4, -0.2) is 61.6 Å². The number of nitrogens with zero attached hydrogens (tertiary/aromatic N) is 2. The van der Waals surface area contributed by atoms with Crippen LogP contribution in [0.1, 0.15) is 37.7 Å². The molecule has 0 radical (unpaired) electrons. The lowest BCUT2D eigenvalue weighted by molar-refractivity contribution is -0.166. The highest BCUT2D eigenvalue weighted by atomic mass is 16.5. The average molecular weight is 410 g/mol. The van der Waals surface area contributed by atoms with Crippen LogP contribution in [0.2, 0.25) is 0 Å². The van der Waals surface area contributed by atoms with Gasteiger partial charge >= 0.3 is 12.1 Å². The summed E-state index contributed by atoms with van der Waals surface area (Å²) >= 11 is 0. The average Bonchev–Trinajstić information content (AvgIpc) is 3.23. The number of amides is 1. The van der Waals surface area contributed by atoms with E-state index in [1.165, 1.54) is 19.1 Å². The number of rotatable bonds is 1. The molecule has 3 heterocycles. The zero-order chi connectivity index (χ0) is 20.9. The predicted molar refractivity (Wildman–Crippen MR) is 107 cm³/mol. The number of hydrogen-bond donors (Lipinski definition) is 0. The number of piperidine rings is 1. The van der Waals surface area contributed by atoms with Crippen molar-refractivity contribution in [1.82, 2.24) is 4.90 Å². The van der Waals surface area contributed by atoms with Gasteiger partial charge in [-0.05, 0) is 49.3 Å². The van der Waals surface area contributed by atoms with E-state index in [1.54, 1.807) is 0 Å². The molecule has 1 aromatic carbocycles. The van der Waals surface area contributed by atoms with Crippen LogP contribution in [-0.2, 0) is 24.5 Å². The van der Waals surface area contributed by atoms with Gasteiger partial charge in [0.1, 0.15) is 5.78 Å². The Morgan fingerprint density at radius 3 is 2.67 bits per heavy atom. The summed E-state index contributed by atoms with van der Waals surface area (Å²) in [5, 5.41) is 0. The third-order valence-corrected chi connectivity index (χ3v) is 8.90. The molecule has 1 spiro atoms. The van der Waals surface area contributed by atoms with Crippen LogP contribution in [0.4, 0.5) is 10.5 Å². The van der Waals surface area contributed by atoms with Crippen molar-refractivity contribution in [3.8, 4) is 0 Å². The molecule has 6 rings (SSSR count). The van der Waals surface area contributed by atoms with Crippen molar-refractivity contribution in [2.75, 3.05) is 32.2 Å². The van der Waals surface area contributed by atoms with E-state index < -0.39 is 23.0 Å². The van der Waals surface area contributed by atoms with E-state index in [-0.39, 0.29) is 23.2 Å². The van der Waals surface area contributed by atoms with E-state index in [0.29, 0.717) is 25.1 Å². The maximum atomic E-state index is 13.7. The first kappa shape index (κ1) is 18.4. The van der Waals surface area contributed by atoms with Gasteiger partial charge in [0.15, 0.2) is 5.54 Å². The lowest BCUT2D eigenvalue weighted by Gasteiger charge is -2.64. The molecular formula is C23H26N2O5. The van der Waals surface area contributed by atoms with Crippen molar-refractivity contribution in [1.29, 1.82) is 0 Å². The van der Waals surface area contributed by atoms with Crippen molar-refractivity contribution in [2.45, 2.75) is 49.1 Å². The lowest BCUT2D eigenvalue weighted by Crippen LogP contribution is -2.78. The maximum Gasteiger partial charge on any atom is 0.415 e. The Morgan fingerprint density at radius 1 is 1.10 bits per heavy atom. The SMILES string of the molecule is COC(=O)N1c2ccccc2[C@@]23C4CN5CCC[C@@](CC[C@]12C(=O)OC)(CC4=O)[C@H]53. The molecule has 4 fully saturated rings. The van der Waals surface area contributed by atoms with Crippen molar-refractivity contribution in [2.24, 2.45) is 11.3 Å². The molecule has 5 atom stereocenters. The zero-order valence-corrected chi connectivity index (χ0v) is 17.3. The van der Waals surface area contributed by atoms with E-state index in [9.17, 15) is 14.4 Å². The summed E-state index contributed by atoms with van der Waals surface area (Å²) in [6.07, 6.45) is 3.28. The molecule has 2 saturated carbocycles. The minimum atomic E-state index is -1.26. The number of carbonyl (C=O) groups excluding carboxylic acids is 3. The van der Waals surface area contributed by atoms with Gasteiger partial charge in [0.25, 0.3) is 0 Å². The lowest BCUT2D eigenvalue weighted by atomic mass is 9.41. The number of ketones is 1. The number of esters is 1. The van der Waals surface area contributed by atoms with Gasteiger partial charge in [0.05, 0.1) is 25.3 Å². The molecule has 4 bridgehead atoms. The van der Waals surface area contributed by atoms with Gasteiger partial charge in [0.2, 0.25) is 0 Å². The highest BCUT2D eigenvalue weighted by Gasteiger charge is 2.84. The Balaban J connectivity index is 1.74.